The number of hydrogen-bond acceptors (Lipinski definition) is 9. The number of hydrogen-bond donors (Lipinski definition) is 2. The number of halogens is 2. The highest BCUT2D eigenvalue weighted by molar-refractivity contribution is 6.33. The minimum absolute atomic E-state index is 0.0990. The van der Waals surface area contributed by atoms with Gasteiger partial charge in [-0.3, -0.25) is 10.1 Å². The topological polar surface area (TPSA) is 117 Å². The highest BCUT2D eigenvalue weighted by Gasteiger charge is 2.17. The molecule has 0 unspecified atom stereocenters. The maximum Gasteiger partial charge on any atom is 0.270 e. The number of rotatable bonds is 7. The number of nitrogens with zero attached hydrogens (tertiary/aromatic N) is 7. The number of pyridine rings is 1. The van der Waals surface area contributed by atoms with E-state index < -0.39 is 5.82 Å². The molecular weight excluding hydrogens is 473 g/mol. The van der Waals surface area contributed by atoms with E-state index in [4.69, 9.17) is 16.3 Å². The van der Waals surface area contributed by atoms with Gasteiger partial charge in [0.05, 0.1) is 48.2 Å². The Hall–Kier alpha value is -3.96. The first-order valence-corrected chi connectivity index (χ1v) is 11.3. The van der Waals surface area contributed by atoms with Gasteiger partial charge in [0.15, 0.2) is 11.6 Å². The number of ether oxygens (including phenoxy) is 1. The van der Waals surface area contributed by atoms with Crippen LogP contribution in [0.25, 0.3) is 11.1 Å². The van der Waals surface area contributed by atoms with Crippen molar-refractivity contribution in [3.8, 4) is 11.1 Å². The molecule has 4 heterocycles. The average Bonchev–Trinajstić information content (AvgIpc) is 3.41. The quantitative estimate of drug-likeness (QED) is 0.351. The van der Waals surface area contributed by atoms with Crippen molar-refractivity contribution in [2.24, 2.45) is 10.2 Å². The van der Waals surface area contributed by atoms with Crippen LogP contribution in [0.2, 0.25) is 5.02 Å². The number of H-pyrrole nitrogens is 1. The smallest absolute Gasteiger partial charge is 0.270 e. The van der Waals surface area contributed by atoms with Crippen molar-refractivity contribution < 1.29 is 9.13 Å². The Bertz CT molecular complexity index is 1310. The van der Waals surface area contributed by atoms with Crippen molar-refractivity contribution in [3.05, 3.63) is 71.7 Å². The summed E-state index contributed by atoms with van der Waals surface area (Å²) in [5, 5.41) is 18.8. The Balaban J connectivity index is 1.20. The standard InChI is InChI=1S/C23H21ClFN9O/c24-20-9-16(3-4-19(20)15-10-28-29-11-15)31-18-2-1-17(26-12-18)13-30-33-23-27-14-21(25)22(32-23)34-5-7-35-8-6-34/h1-4,9-12,14,31H,5-8,13H2,(H,28,29). The summed E-state index contributed by atoms with van der Waals surface area (Å²) < 4.78 is 19.4. The van der Waals surface area contributed by atoms with E-state index in [0.717, 1.165) is 28.7 Å². The van der Waals surface area contributed by atoms with E-state index in [1.807, 2.05) is 35.2 Å². The Labute approximate surface area is 205 Å². The van der Waals surface area contributed by atoms with Gasteiger partial charge in [0.1, 0.15) is 6.54 Å². The molecule has 178 valence electrons. The van der Waals surface area contributed by atoms with E-state index in [2.05, 4.69) is 40.7 Å². The molecule has 0 radical (unpaired) electrons. The first kappa shape index (κ1) is 22.8. The van der Waals surface area contributed by atoms with Gasteiger partial charge in [-0.1, -0.05) is 17.7 Å². The van der Waals surface area contributed by atoms with Gasteiger partial charge in [-0.25, -0.2) is 9.37 Å². The van der Waals surface area contributed by atoms with Gasteiger partial charge in [-0.2, -0.15) is 15.2 Å². The lowest BCUT2D eigenvalue weighted by molar-refractivity contribution is 0.122. The van der Waals surface area contributed by atoms with Gasteiger partial charge < -0.3 is 15.0 Å². The van der Waals surface area contributed by atoms with Gasteiger partial charge in [0, 0.05) is 36.1 Å². The summed E-state index contributed by atoms with van der Waals surface area (Å²) >= 11 is 6.42. The molecule has 0 spiro atoms. The van der Waals surface area contributed by atoms with Crippen LogP contribution in [-0.2, 0) is 11.3 Å². The molecule has 12 heteroatoms. The van der Waals surface area contributed by atoms with Gasteiger partial charge in [-0.05, 0) is 24.3 Å². The molecule has 1 aromatic carbocycles. The zero-order valence-electron chi connectivity index (χ0n) is 18.5. The molecule has 0 saturated carbocycles. The molecular formula is C23H21ClFN9O. The maximum absolute atomic E-state index is 14.1. The van der Waals surface area contributed by atoms with E-state index in [1.165, 1.54) is 0 Å². The molecule has 3 aromatic heterocycles. The third kappa shape index (κ3) is 5.58. The van der Waals surface area contributed by atoms with Crippen LogP contribution in [0.5, 0.6) is 0 Å². The predicted octanol–water partition coefficient (Wildman–Crippen LogP) is 4.92. The second-order valence-electron chi connectivity index (χ2n) is 7.69. The lowest BCUT2D eigenvalue weighted by atomic mass is 10.1. The normalized spacial score (nSPS) is 13.9. The van der Waals surface area contributed by atoms with Crippen molar-refractivity contribution in [3.63, 3.8) is 0 Å². The van der Waals surface area contributed by atoms with Crippen molar-refractivity contribution in [1.29, 1.82) is 0 Å². The van der Waals surface area contributed by atoms with E-state index in [9.17, 15) is 4.39 Å². The second-order valence-corrected chi connectivity index (χ2v) is 8.09. The third-order valence-electron chi connectivity index (χ3n) is 5.31. The Morgan fingerprint density at radius 3 is 2.69 bits per heavy atom. The van der Waals surface area contributed by atoms with Crippen LogP contribution in [0, 0.1) is 5.82 Å². The van der Waals surface area contributed by atoms with E-state index >= 15 is 0 Å². The molecule has 0 aliphatic carbocycles. The fourth-order valence-corrected chi connectivity index (χ4v) is 3.84. The summed E-state index contributed by atoms with van der Waals surface area (Å²) in [5.41, 5.74) is 4.16. The summed E-state index contributed by atoms with van der Waals surface area (Å²) in [6, 6.07) is 9.44. The molecule has 2 N–H and O–H groups in total. The zero-order chi connectivity index (χ0) is 24.0. The summed E-state index contributed by atoms with van der Waals surface area (Å²) in [7, 11) is 0. The first-order valence-electron chi connectivity index (χ1n) is 10.9. The van der Waals surface area contributed by atoms with Crippen LogP contribution in [0.15, 0.2) is 65.3 Å². The number of azo groups is 1. The minimum Gasteiger partial charge on any atom is -0.378 e. The lowest BCUT2D eigenvalue weighted by Crippen LogP contribution is -2.37. The van der Waals surface area contributed by atoms with Crippen molar-refractivity contribution in [2.45, 2.75) is 6.54 Å². The SMILES string of the molecule is Fc1cnc(N=NCc2ccc(Nc3ccc(-c4cn[nH]c4)c(Cl)c3)cn2)nc1N1CCOCC1. The molecule has 1 aliphatic heterocycles. The number of benzene rings is 1. The predicted molar refractivity (Wildman–Crippen MR) is 130 cm³/mol. The number of nitrogens with one attached hydrogen (secondary N) is 2. The van der Waals surface area contributed by atoms with Gasteiger partial charge in [0.2, 0.25) is 0 Å². The van der Waals surface area contributed by atoms with Gasteiger partial charge >= 0.3 is 0 Å². The van der Waals surface area contributed by atoms with Crippen LogP contribution < -0.4 is 10.2 Å². The molecule has 1 fully saturated rings. The summed E-state index contributed by atoms with van der Waals surface area (Å²) in [5.74, 6) is -0.182. The third-order valence-corrected chi connectivity index (χ3v) is 5.62. The van der Waals surface area contributed by atoms with Gasteiger partial charge in [-0.15, -0.1) is 5.11 Å². The van der Waals surface area contributed by atoms with E-state index in [1.54, 1.807) is 18.6 Å². The molecule has 0 atom stereocenters. The summed E-state index contributed by atoms with van der Waals surface area (Å²) in [6.45, 7) is 2.42. The van der Waals surface area contributed by atoms with Crippen LogP contribution in [-0.4, -0.2) is 51.5 Å². The Morgan fingerprint density at radius 1 is 1.09 bits per heavy atom. The first-order chi connectivity index (χ1) is 17.2. The van der Waals surface area contributed by atoms with E-state index in [0.29, 0.717) is 37.0 Å². The molecule has 35 heavy (non-hydrogen) atoms. The molecule has 5 rings (SSSR count). The summed E-state index contributed by atoms with van der Waals surface area (Å²) in [4.78, 5) is 14.3. The number of aromatic nitrogens is 5. The van der Waals surface area contributed by atoms with Crippen molar-refractivity contribution >= 4 is 34.7 Å². The molecule has 1 saturated heterocycles. The van der Waals surface area contributed by atoms with Crippen molar-refractivity contribution in [2.75, 3.05) is 36.5 Å². The molecule has 1 aliphatic rings. The maximum atomic E-state index is 14.1. The second kappa shape index (κ2) is 10.5. The minimum atomic E-state index is -0.493. The number of aromatic amines is 1. The Kier molecular flexibility index (Phi) is 6.87. The van der Waals surface area contributed by atoms with Gasteiger partial charge in [0.25, 0.3) is 5.95 Å². The fourth-order valence-electron chi connectivity index (χ4n) is 3.55. The molecule has 0 bridgehead atoms. The lowest BCUT2D eigenvalue weighted by Gasteiger charge is -2.27. The number of anilines is 3. The zero-order valence-corrected chi connectivity index (χ0v) is 19.3. The molecule has 10 nitrogen and oxygen atoms in total. The molecule has 4 aromatic rings. The van der Waals surface area contributed by atoms with E-state index in [-0.39, 0.29) is 18.3 Å². The fraction of sp³-hybridized carbons (Fsp3) is 0.217. The molecule has 0 amide bonds. The van der Waals surface area contributed by atoms with Crippen LogP contribution in [0.3, 0.4) is 0 Å². The highest BCUT2D eigenvalue weighted by Crippen LogP contribution is 2.30. The Morgan fingerprint density at radius 2 is 1.94 bits per heavy atom. The average molecular weight is 494 g/mol. The monoisotopic (exact) mass is 493 g/mol. The largest absolute Gasteiger partial charge is 0.378 e. The van der Waals surface area contributed by atoms with Crippen LogP contribution >= 0.6 is 11.6 Å². The van der Waals surface area contributed by atoms with Crippen LogP contribution in [0.4, 0.5) is 27.5 Å². The summed E-state index contributed by atoms with van der Waals surface area (Å²) in [6.07, 6.45) is 6.33. The van der Waals surface area contributed by atoms with Crippen molar-refractivity contribution in [1.82, 2.24) is 25.1 Å². The van der Waals surface area contributed by atoms with Crippen LogP contribution in [0.1, 0.15) is 5.69 Å². The number of morpholine rings is 1. The highest BCUT2D eigenvalue weighted by atomic mass is 35.5.